The summed E-state index contributed by atoms with van der Waals surface area (Å²) in [7, 11) is 0. The molecule has 3 nitrogen and oxygen atoms in total. The second-order valence-corrected chi connectivity index (χ2v) is 7.77. The molecule has 0 saturated heterocycles. The maximum atomic E-state index is 12.9. The minimum absolute atomic E-state index is 0.00690. The Hall–Kier alpha value is -2.16. The van der Waals surface area contributed by atoms with Crippen molar-refractivity contribution in [3.8, 4) is 0 Å². The average molecular weight is 349 g/mol. The molecule has 4 rings (SSSR count). The lowest BCUT2D eigenvalue weighted by molar-refractivity contribution is -0.134. The van der Waals surface area contributed by atoms with E-state index >= 15 is 0 Å². The van der Waals surface area contributed by atoms with Crippen LogP contribution in [0.3, 0.4) is 0 Å². The predicted octanol–water partition coefficient (Wildman–Crippen LogP) is 4.44. The third-order valence-electron chi connectivity index (χ3n) is 6.38. The molecule has 0 radical (unpaired) electrons. The number of hydrogen-bond donors (Lipinski definition) is 0. The lowest BCUT2D eigenvalue weighted by atomic mass is 9.70. The number of carbonyl (C=O) groups excluding carboxylic acids is 2. The average Bonchev–Trinajstić information content (AvgIpc) is 3.03. The van der Waals surface area contributed by atoms with Gasteiger partial charge in [-0.25, -0.2) is 0 Å². The molecule has 0 bridgehead atoms. The topological polar surface area (TPSA) is 37.4 Å². The lowest BCUT2D eigenvalue weighted by Gasteiger charge is -2.35. The fourth-order valence-electron chi connectivity index (χ4n) is 5.03. The number of Topliss-reactive ketones (excluding diaryl/α,β-unsaturated/α-hetero) is 1. The molecule has 0 aliphatic heterocycles. The third-order valence-corrected chi connectivity index (χ3v) is 6.38. The highest BCUT2D eigenvalue weighted by Gasteiger charge is 2.38. The first-order chi connectivity index (χ1) is 12.5. The standard InChI is InChI=1S/C23H27NO2/c1-4-24(5-2)23(26)16-10-9-15-11-17-13-20(14(3)25)18-7-6-8-19(22(17)18)21(15)12-16/h6-8,12-13,15-16,20H,4-5,9-11H2,1-3H3/t15?,16-,20?/m0/s1. The largest absolute Gasteiger partial charge is 0.343 e. The Bertz CT molecular complexity index is 829. The van der Waals surface area contributed by atoms with Crippen LogP contribution >= 0.6 is 0 Å². The smallest absolute Gasteiger partial charge is 0.229 e. The van der Waals surface area contributed by atoms with Crippen LogP contribution in [0.25, 0.3) is 11.1 Å². The van der Waals surface area contributed by atoms with E-state index in [1.807, 2.05) is 18.7 Å². The monoisotopic (exact) mass is 349 g/mol. The van der Waals surface area contributed by atoms with Crippen molar-refractivity contribution in [1.29, 1.82) is 0 Å². The number of nitrogens with zero attached hydrogens (tertiary/aromatic N) is 1. The van der Waals surface area contributed by atoms with Gasteiger partial charge in [0.15, 0.2) is 0 Å². The van der Waals surface area contributed by atoms with Crippen LogP contribution in [0.2, 0.25) is 0 Å². The van der Waals surface area contributed by atoms with Crippen molar-refractivity contribution >= 4 is 22.8 Å². The van der Waals surface area contributed by atoms with Gasteiger partial charge in [-0.1, -0.05) is 30.4 Å². The van der Waals surface area contributed by atoms with Crippen LogP contribution in [0.1, 0.15) is 62.6 Å². The Kier molecular flexibility index (Phi) is 4.34. The summed E-state index contributed by atoms with van der Waals surface area (Å²) in [6.45, 7) is 7.32. The zero-order valence-corrected chi connectivity index (χ0v) is 15.9. The maximum absolute atomic E-state index is 12.9. The molecule has 0 N–H and O–H groups in total. The molecule has 1 aromatic carbocycles. The molecule has 1 aromatic rings. The molecule has 2 unspecified atom stereocenters. The van der Waals surface area contributed by atoms with E-state index in [9.17, 15) is 9.59 Å². The number of ketones is 1. The summed E-state index contributed by atoms with van der Waals surface area (Å²) >= 11 is 0. The van der Waals surface area contributed by atoms with Crippen LogP contribution in [-0.4, -0.2) is 29.7 Å². The Balaban J connectivity index is 1.76. The highest BCUT2D eigenvalue weighted by atomic mass is 16.2. The Labute approximate surface area is 155 Å². The van der Waals surface area contributed by atoms with Crippen molar-refractivity contribution in [1.82, 2.24) is 4.90 Å². The number of hydrogen-bond acceptors (Lipinski definition) is 2. The fraction of sp³-hybridized carbons (Fsp3) is 0.478. The summed E-state index contributed by atoms with van der Waals surface area (Å²) < 4.78 is 0. The van der Waals surface area contributed by atoms with E-state index in [0.29, 0.717) is 5.92 Å². The highest BCUT2D eigenvalue weighted by Crippen LogP contribution is 2.52. The van der Waals surface area contributed by atoms with Gasteiger partial charge in [-0.3, -0.25) is 9.59 Å². The van der Waals surface area contributed by atoms with E-state index in [2.05, 4.69) is 30.4 Å². The maximum Gasteiger partial charge on any atom is 0.229 e. The summed E-state index contributed by atoms with van der Waals surface area (Å²) in [6.07, 6.45) is 7.41. The number of amides is 1. The molecule has 136 valence electrons. The van der Waals surface area contributed by atoms with Crippen molar-refractivity contribution in [2.45, 2.75) is 46.0 Å². The van der Waals surface area contributed by atoms with Crippen LogP contribution in [-0.2, 0) is 9.59 Å². The molecule has 3 heteroatoms. The Morgan fingerprint density at radius 2 is 1.88 bits per heavy atom. The molecule has 3 atom stereocenters. The van der Waals surface area contributed by atoms with Gasteiger partial charge in [0.25, 0.3) is 0 Å². The lowest BCUT2D eigenvalue weighted by Crippen LogP contribution is -2.36. The van der Waals surface area contributed by atoms with Gasteiger partial charge in [0, 0.05) is 13.1 Å². The van der Waals surface area contributed by atoms with Crippen molar-refractivity contribution < 1.29 is 9.59 Å². The molecule has 0 saturated carbocycles. The van der Waals surface area contributed by atoms with Crippen molar-refractivity contribution in [2.75, 3.05) is 13.1 Å². The van der Waals surface area contributed by atoms with Crippen LogP contribution in [0.15, 0.2) is 30.4 Å². The molecule has 0 fully saturated rings. The molecule has 26 heavy (non-hydrogen) atoms. The molecule has 0 heterocycles. The Morgan fingerprint density at radius 1 is 1.12 bits per heavy atom. The molecule has 1 amide bonds. The van der Waals surface area contributed by atoms with Crippen molar-refractivity contribution in [2.24, 2.45) is 11.8 Å². The van der Waals surface area contributed by atoms with E-state index < -0.39 is 0 Å². The molecule has 3 aliphatic carbocycles. The number of allylic oxidation sites excluding steroid dienone is 3. The summed E-state index contributed by atoms with van der Waals surface area (Å²) in [5.74, 6) is 0.861. The summed E-state index contributed by atoms with van der Waals surface area (Å²) in [6, 6.07) is 6.34. The van der Waals surface area contributed by atoms with E-state index in [-0.39, 0.29) is 23.5 Å². The zero-order chi connectivity index (χ0) is 18.4. The van der Waals surface area contributed by atoms with Crippen molar-refractivity contribution in [3.05, 3.63) is 47.0 Å². The fourth-order valence-corrected chi connectivity index (χ4v) is 5.03. The molecule has 3 aliphatic rings. The minimum Gasteiger partial charge on any atom is -0.343 e. The van der Waals surface area contributed by atoms with Gasteiger partial charge < -0.3 is 4.90 Å². The van der Waals surface area contributed by atoms with E-state index in [1.54, 1.807) is 6.92 Å². The minimum atomic E-state index is -0.0891. The molecule has 0 spiro atoms. The first-order valence-electron chi connectivity index (χ1n) is 9.90. The first kappa shape index (κ1) is 17.3. The second-order valence-electron chi connectivity index (χ2n) is 7.77. The zero-order valence-electron chi connectivity index (χ0n) is 15.9. The summed E-state index contributed by atoms with van der Waals surface area (Å²) in [5.41, 5.74) is 6.35. The van der Waals surface area contributed by atoms with E-state index in [0.717, 1.165) is 37.9 Å². The highest BCUT2D eigenvalue weighted by molar-refractivity contribution is 5.98. The van der Waals surface area contributed by atoms with Gasteiger partial charge in [-0.05, 0) is 73.8 Å². The van der Waals surface area contributed by atoms with Crippen molar-refractivity contribution in [3.63, 3.8) is 0 Å². The number of carbonyl (C=O) groups is 2. The van der Waals surface area contributed by atoms with E-state index in [4.69, 9.17) is 0 Å². The van der Waals surface area contributed by atoms with Gasteiger partial charge in [-0.2, -0.15) is 0 Å². The number of rotatable bonds is 4. The van der Waals surface area contributed by atoms with Gasteiger partial charge in [0.2, 0.25) is 5.91 Å². The summed E-state index contributed by atoms with van der Waals surface area (Å²) in [4.78, 5) is 26.9. The predicted molar refractivity (Wildman–Crippen MR) is 105 cm³/mol. The Morgan fingerprint density at radius 3 is 2.58 bits per heavy atom. The van der Waals surface area contributed by atoms with Crippen LogP contribution in [0.4, 0.5) is 0 Å². The number of fused-ring (bicyclic) bond motifs is 2. The van der Waals surface area contributed by atoms with Crippen LogP contribution in [0.5, 0.6) is 0 Å². The van der Waals surface area contributed by atoms with Gasteiger partial charge in [0.05, 0.1) is 11.8 Å². The molecule has 0 aromatic heterocycles. The van der Waals surface area contributed by atoms with Gasteiger partial charge in [0.1, 0.15) is 5.78 Å². The summed E-state index contributed by atoms with van der Waals surface area (Å²) in [5, 5.41) is 0. The van der Waals surface area contributed by atoms with Gasteiger partial charge in [-0.15, -0.1) is 0 Å². The molecular weight excluding hydrogens is 322 g/mol. The SMILES string of the molecule is CCN(CC)C(=O)[C@@H]1C=C2c3cccc4c3C(=CC4C(C)=O)CC2CC1. The molecular formula is C23H27NO2. The quantitative estimate of drug-likeness (QED) is 0.806. The second kappa shape index (κ2) is 6.53. The normalized spacial score (nSPS) is 25.7. The number of benzene rings is 1. The van der Waals surface area contributed by atoms with E-state index in [1.165, 1.54) is 22.3 Å². The first-order valence-corrected chi connectivity index (χ1v) is 9.90. The van der Waals surface area contributed by atoms with Crippen LogP contribution < -0.4 is 0 Å². The third kappa shape index (κ3) is 2.56. The van der Waals surface area contributed by atoms with Gasteiger partial charge >= 0.3 is 0 Å². The van der Waals surface area contributed by atoms with Crippen LogP contribution in [0, 0.1) is 11.8 Å².